The lowest BCUT2D eigenvalue weighted by Gasteiger charge is -2.36. The number of hydrogen-bond donors (Lipinski definition) is 1. The molecular weight excluding hydrogens is 374 g/mol. The normalized spacial score (nSPS) is 38.6. The van der Waals surface area contributed by atoms with Crippen LogP contribution in [0.4, 0.5) is 0 Å². The van der Waals surface area contributed by atoms with Crippen LogP contribution in [0.2, 0.25) is 0 Å². The molecule has 7 nitrogen and oxygen atoms in total. The van der Waals surface area contributed by atoms with E-state index in [-0.39, 0.29) is 41.9 Å². The highest BCUT2D eigenvalue weighted by Gasteiger charge is 2.70. The van der Waals surface area contributed by atoms with Crippen molar-refractivity contribution in [2.75, 3.05) is 7.05 Å². The van der Waals surface area contributed by atoms with E-state index in [0.717, 1.165) is 25.7 Å². The Morgan fingerprint density at radius 2 is 1.93 bits per heavy atom. The lowest BCUT2D eigenvalue weighted by Crippen LogP contribution is -2.50. The van der Waals surface area contributed by atoms with Crippen molar-refractivity contribution >= 4 is 17.9 Å². The second kappa shape index (κ2) is 7.56. The molecule has 4 fully saturated rings. The molecule has 0 aromatic carbocycles. The van der Waals surface area contributed by atoms with Crippen molar-refractivity contribution in [1.82, 2.24) is 5.32 Å². The fourth-order valence-corrected chi connectivity index (χ4v) is 5.92. The summed E-state index contributed by atoms with van der Waals surface area (Å²) >= 11 is 0. The molecule has 1 saturated heterocycles. The molecule has 0 aromatic rings. The zero-order valence-electron chi connectivity index (χ0n) is 17.8. The van der Waals surface area contributed by atoms with Gasteiger partial charge in [0.2, 0.25) is 0 Å². The molecule has 162 valence electrons. The number of nitrogens with one attached hydrogen (secondary N) is 1. The van der Waals surface area contributed by atoms with Crippen LogP contribution in [0.1, 0.15) is 59.3 Å². The number of carbonyl (C=O) groups excluding carboxylic acids is 3. The fourth-order valence-electron chi connectivity index (χ4n) is 5.92. The molecule has 8 atom stereocenters. The Kier molecular flexibility index (Phi) is 5.38. The number of hydrogen-bond acceptors (Lipinski definition) is 7. The third kappa shape index (κ3) is 3.16. The summed E-state index contributed by atoms with van der Waals surface area (Å²) in [6.45, 7) is 5.81. The Bertz CT molecular complexity index is 689. The first-order valence-corrected chi connectivity index (χ1v) is 11.1. The van der Waals surface area contributed by atoms with Gasteiger partial charge in [0, 0.05) is 17.9 Å². The van der Waals surface area contributed by atoms with Gasteiger partial charge < -0.3 is 19.5 Å². The Hall–Kier alpha value is -1.63. The van der Waals surface area contributed by atoms with E-state index in [1.807, 2.05) is 27.8 Å². The number of rotatable bonds is 7. The average molecular weight is 408 g/mol. The van der Waals surface area contributed by atoms with Crippen LogP contribution in [0.3, 0.4) is 0 Å². The van der Waals surface area contributed by atoms with Gasteiger partial charge in [0.25, 0.3) is 0 Å². The van der Waals surface area contributed by atoms with Crippen LogP contribution in [-0.2, 0) is 28.6 Å². The molecule has 0 spiro atoms. The highest BCUT2D eigenvalue weighted by molar-refractivity contribution is 5.86. The molecule has 0 aromatic heterocycles. The van der Waals surface area contributed by atoms with E-state index < -0.39 is 29.5 Å². The van der Waals surface area contributed by atoms with Gasteiger partial charge in [-0.1, -0.05) is 6.92 Å². The summed E-state index contributed by atoms with van der Waals surface area (Å²) in [6.07, 6.45) is 4.18. The lowest BCUT2D eigenvalue weighted by atomic mass is 9.77. The van der Waals surface area contributed by atoms with E-state index in [1.54, 1.807) is 0 Å². The standard InChI is InChI=1S/C22H33NO6/c1-5-22(3,11(2)23-4)21(26)29-18-14-10-13-16(20(25)28-17(13)18)15(14)19(24)27-12-8-6-7-9-12/h11-18,23H,5-10H2,1-4H3. The summed E-state index contributed by atoms with van der Waals surface area (Å²) in [5.41, 5.74) is -0.696. The zero-order valence-corrected chi connectivity index (χ0v) is 17.8. The summed E-state index contributed by atoms with van der Waals surface area (Å²) in [6, 6.07) is -0.0689. The Labute approximate surface area is 172 Å². The maximum Gasteiger partial charge on any atom is 0.313 e. The van der Waals surface area contributed by atoms with Gasteiger partial charge in [0.1, 0.15) is 18.3 Å². The van der Waals surface area contributed by atoms with Gasteiger partial charge in [-0.05, 0) is 59.4 Å². The van der Waals surface area contributed by atoms with Crippen molar-refractivity contribution in [2.24, 2.45) is 29.1 Å². The van der Waals surface area contributed by atoms with Crippen molar-refractivity contribution in [3.63, 3.8) is 0 Å². The summed E-state index contributed by atoms with van der Waals surface area (Å²) < 4.78 is 17.3. The lowest BCUT2D eigenvalue weighted by molar-refractivity contribution is -0.176. The van der Waals surface area contributed by atoms with Crippen molar-refractivity contribution in [1.29, 1.82) is 0 Å². The maximum atomic E-state index is 13.1. The number of esters is 3. The van der Waals surface area contributed by atoms with E-state index in [4.69, 9.17) is 14.2 Å². The van der Waals surface area contributed by atoms with E-state index in [1.165, 1.54) is 0 Å². The molecule has 4 rings (SSSR count). The van der Waals surface area contributed by atoms with Crippen LogP contribution in [-0.4, -0.2) is 49.3 Å². The molecule has 29 heavy (non-hydrogen) atoms. The van der Waals surface area contributed by atoms with Gasteiger partial charge in [-0.2, -0.15) is 0 Å². The minimum Gasteiger partial charge on any atom is -0.462 e. The highest BCUT2D eigenvalue weighted by Crippen LogP contribution is 2.59. The predicted molar refractivity (Wildman–Crippen MR) is 104 cm³/mol. The quantitative estimate of drug-likeness (QED) is 0.511. The van der Waals surface area contributed by atoms with Crippen molar-refractivity contribution in [2.45, 2.75) is 83.6 Å². The van der Waals surface area contributed by atoms with Crippen LogP contribution >= 0.6 is 0 Å². The van der Waals surface area contributed by atoms with Gasteiger partial charge in [-0.25, -0.2) is 0 Å². The van der Waals surface area contributed by atoms with Crippen molar-refractivity contribution in [3.8, 4) is 0 Å². The fraction of sp³-hybridized carbons (Fsp3) is 0.864. The van der Waals surface area contributed by atoms with E-state index >= 15 is 0 Å². The second-order valence-electron chi connectivity index (χ2n) is 9.51. The summed E-state index contributed by atoms with van der Waals surface area (Å²) in [7, 11) is 1.82. The molecule has 8 unspecified atom stereocenters. The van der Waals surface area contributed by atoms with Crippen molar-refractivity contribution < 1.29 is 28.6 Å². The van der Waals surface area contributed by atoms with Gasteiger partial charge in [0.05, 0.1) is 17.3 Å². The molecule has 0 amide bonds. The maximum absolute atomic E-state index is 13.1. The zero-order chi connectivity index (χ0) is 20.9. The SMILES string of the molecule is CCC(C)(C(=O)OC1C2CC3C1OC(=O)C3C2C(=O)OC1CCCC1)C(C)NC. The topological polar surface area (TPSA) is 90.9 Å². The predicted octanol–water partition coefficient (Wildman–Crippen LogP) is 2.22. The molecule has 1 heterocycles. The minimum absolute atomic E-state index is 0.0456. The first kappa shape index (κ1) is 20.6. The molecule has 3 aliphatic carbocycles. The van der Waals surface area contributed by atoms with Gasteiger partial charge in [-0.15, -0.1) is 0 Å². The smallest absolute Gasteiger partial charge is 0.313 e. The number of ether oxygens (including phenoxy) is 3. The summed E-state index contributed by atoms with van der Waals surface area (Å²) in [4.78, 5) is 38.6. The Morgan fingerprint density at radius 3 is 2.55 bits per heavy atom. The average Bonchev–Trinajstić information content (AvgIpc) is 3.45. The largest absolute Gasteiger partial charge is 0.462 e. The van der Waals surface area contributed by atoms with Crippen molar-refractivity contribution in [3.05, 3.63) is 0 Å². The van der Waals surface area contributed by atoms with E-state index in [0.29, 0.717) is 12.8 Å². The molecule has 2 bridgehead atoms. The van der Waals surface area contributed by atoms with Crippen LogP contribution < -0.4 is 5.32 Å². The highest BCUT2D eigenvalue weighted by atomic mass is 16.6. The molecule has 4 aliphatic rings. The minimum atomic E-state index is -0.696. The van der Waals surface area contributed by atoms with Crippen LogP contribution in [0.5, 0.6) is 0 Å². The molecule has 7 heteroatoms. The molecular formula is C22H33NO6. The Balaban J connectivity index is 1.52. The molecule has 3 saturated carbocycles. The van der Waals surface area contributed by atoms with Gasteiger partial charge >= 0.3 is 17.9 Å². The molecule has 1 N–H and O–H groups in total. The molecule has 1 aliphatic heterocycles. The number of carbonyl (C=O) groups is 3. The summed E-state index contributed by atoms with van der Waals surface area (Å²) in [5, 5.41) is 3.14. The molecule has 0 radical (unpaired) electrons. The monoisotopic (exact) mass is 407 g/mol. The third-order valence-corrected chi connectivity index (χ3v) is 8.24. The van der Waals surface area contributed by atoms with E-state index in [9.17, 15) is 14.4 Å². The first-order chi connectivity index (χ1) is 13.8. The van der Waals surface area contributed by atoms with Crippen LogP contribution in [0.15, 0.2) is 0 Å². The van der Waals surface area contributed by atoms with Crippen LogP contribution in [0, 0.1) is 29.1 Å². The second-order valence-corrected chi connectivity index (χ2v) is 9.51. The Morgan fingerprint density at radius 1 is 1.24 bits per heavy atom. The van der Waals surface area contributed by atoms with E-state index in [2.05, 4.69) is 5.32 Å². The number of fused-ring (bicyclic) bond motifs is 1. The van der Waals surface area contributed by atoms with Gasteiger partial charge in [0.15, 0.2) is 0 Å². The third-order valence-electron chi connectivity index (χ3n) is 8.24. The first-order valence-electron chi connectivity index (χ1n) is 11.1. The van der Waals surface area contributed by atoms with Gasteiger partial charge in [-0.3, -0.25) is 14.4 Å². The van der Waals surface area contributed by atoms with Crippen LogP contribution in [0.25, 0.3) is 0 Å². The summed E-state index contributed by atoms with van der Waals surface area (Å²) in [5.74, 6) is -2.21.